The molecule has 7 atom stereocenters. The normalized spacial score (nSPS) is 32.5. The van der Waals surface area contributed by atoms with Crippen LogP contribution in [0.3, 0.4) is 0 Å². The average Bonchev–Trinajstić information content (AvgIpc) is 2.48. The highest BCUT2D eigenvalue weighted by Crippen LogP contribution is 2.30. The SMILES string of the molecule is C#CC(CC(=O)OC(C)CC(C)=O)CC1OC(C)C(O)C(C)C1O. The molecule has 1 fully saturated rings. The minimum atomic E-state index is -0.847. The van der Waals surface area contributed by atoms with Crippen LogP contribution in [0, 0.1) is 24.2 Å². The Morgan fingerprint density at radius 2 is 1.88 bits per heavy atom. The largest absolute Gasteiger partial charge is 0.462 e. The molecule has 24 heavy (non-hydrogen) atoms. The lowest BCUT2D eigenvalue weighted by atomic mass is 9.84. The van der Waals surface area contributed by atoms with E-state index in [1.807, 2.05) is 0 Å². The Bertz CT molecular complexity index is 482. The lowest BCUT2D eigenvalue weighted by Gasteiger charge is -2.41. The number of ether oxygens (including phenoxy) is 2. The van der Waals surface area contributed by atoms with Gasteiger partial charge in [-0.2, -0.15) is 0 Å². The summed E-state index contributed by atoms with van der Waals surface area (Å²) in [4.78, 5) is 22.9. The van der Waals surface area contributed by atoms with E-state index < -0.39 is 42.4 Å². The Labute approximate surface area is 143 Å². The van der Waals surface area contributed by atoms with Crippen molar-refractivity contribution in [2.24, 2.45) is 11.8 Å². The summed E-state index contributed by atoms with van der Waals surface area (Å²) in [5.41, 5.74) is 0. The molecule has 6 heteroatoms. The number of esters is 1. The number of carbonyl (C=O) groups excluding carboxylic acids is 2. The first-order chi connectivity index (χ1) is 11.1. The number of aliphatic hydroxyl groups excluding tert-OH is 2. The third-order valence-electron chi connectivity index (χ3n) is 4.40. The summed E-state index contributed by atoms with van der Waals surface area (Å²) in [5, 5.41) is 20.2. The smallest absolute Gasteiger partial charge is 0.307 e. The first kappa shape index (κ1) is 20.6. The molecule has 1 rings (SSSR count). The van der Waals surface area contributed by atoms with Crippen LogP contribution in [0.4, 0.5) is 0 Å². The molecule has 136 valence electrons. The Morgan fingerprint density at radius 1 is 1.25 bits per heavy atom. The summed E-state index contributed by atoms with van der Waals surface area (Å²) in [6.07, 6.45) is 2.94. The first-order valence-corrected chi connectivity index (χ1v) is 8.32. The topological polar surface area (TPSA) is 93.1 Å². The first-order valence-electron chi connectivity index (χ1n) is 8.32. The lowest BCUT2D eigenvalue weighted by molar-refractivity contribution is -0.194. The third-order valence-corrected chi connectivity index (χ3v) is 4.40. The Balaban J connectivity index is 2.57. The van der Waals surface area contributed by atoms with Crippen molar-refractivity contribution in [3.63, 3.8) is 0 Å². The summed E-state index contributed by atoms with van der Waals surface area (Å²) < 4.78 is 10.8. The standard InChI is InChI=1S/C18H28O6/c1-6-14(9-16(20)23-11(3)7-10(2)19)8-15-18(22)12(4)17(21)13(5)24-15/h1,11-15,17-18,21-22H,7-9H2,2-5H3. The summed E-state index contributed by atoms with van der Waals surface area (Å²) in [5.74, 6) is 1.23. The Kier molecular flexibility index (Phi) is 7.88. The molecule has 7 unspecified atom stereocenters. The summed E-state index contributed by atoms with van der Waals surface area (Å²) >= 11 is 0. The molecule has 0 aromatic carbocycles. The van der Waals surface area contributed by atoms with E-state index in [0.717, 1.165) is 0 Å². The monoisotopic (exact) mass is 340 g/mol. The van der Waals surface area contributed by atoms with Crippen LogP contribution in [0.15, 0.2) is 0 Å². The van der Waals surface area contributed by atoms with Crippen molar-refractivity contribution in [3.05, 3.63) is 0 Å². The molecular formula is C18H28O6. The van der Waals surface area contributed by atoms with Crippen LogP contribution in [0.2, 0.25) is 0 Å². The fraction of sp³-hybridized carbons (Fsp3) is 0.778. The molecule has 1 saturated heterocycles. The van der Waals surface area contributed by atoms with Gasteiger partial charge in [-0.25, -0.2) is 0 Å². The van der Waals surface area contributed by atoms with E-state index in [1.165, 1.54) is 6.92 Å². The van der Waals surface area contributed by atoms with Gasteiger partial charge in [0.15, 0.2) is 0 Å². The maximum Gasteiger partial charge on any atom is 0.307 e. The summed E-state index contributed by atoms with van der Waals surface area (Å²) in [6, 6.07) is 0. The van der Waals surface area contributed by atoms with Gasteiger partial charge < -0.3 is 19.7 Å². The minimum absolute atomic E-state index is 0.00333. The molecule has 0 spiro atoms. The van der Waals surface area contributed by atoms with Crippen LogP contribution in [0.5, 0.6) is 0 Å². The van der Waals surface area contributed by atoms with Crippen LogP contribution in [-0.2, 0) is 19.1 Å². The number of hydrogen-bond donors (Lipinski definition) is 2. The molecule has 0 aromatic heterocycles. The van der Waals surface area contributed by atoms with Gasteiger partial charge in [-0.15, -0.1) is 12.3 Å². The summed E-state index contributed by atoms with van der Waals surface area (Å²) in [7, 11) is 0. The molecule has 1 aliphatic rings. The van der Waals surface area contributed by atoms with E-state index in [1.54, 1.807) is 20.8 Å². The molecule has 0 bridgehead atoms. The number of carbonyl (C=O) groups is 2. The van der Waals surface area contributed by atoms with Gasteiger partial charge in [-0.3, -0.25) is 9.59 Å². The van der Waals surface area contributed by atoms with Gasteiger partial charge in [0.05, 0.1) is 30.8 Å². The van der Waals surface area contributed by atoms with Crippen molar-refractivity contribution in [3.8, 4) is 12.3 Å². The van der Waals surface area contributed by atoms with Crippen molar-refractivity contribution in [2.45, 2.75) is 77.5 Å². The van der Waals surface area contributed by atoms with E-state index in [-0.39, 0.29) is 24.5 Å². The molecule has 0 aliphatic carbocycles. The van der Waals surface area contributed by atoms with Crippen LogP contribution < -0.4 is 0 Å². The number of Topliss-reactive ketones (excluding diaryl/α,β-unsaturated/α-hetero) is 1. The van der Waals surface area contributed by atoms with Crippen LogP contribution in [-0.4, -0.2) is 52.5 Å². The third kappa shape index (κ3) is 5.90. The predicted octanol–water partition coefficient (Wildman–Crippen LogP) is 1.07. The van der Waals surface area contributed by atoms with Crippen LogP contribution in [0.1, 0.15) is 47.0 Å². The Hall–Kier alpha value is -1.42. The molecule has 0 amide bonds. The van der Waals surface area contributed by atoms with E-state index in [2.05, 4.69) is 5.92 Å². The Morgan fingerprint density at radius 3 is 2.42 bits per heavy atom. The molecule has 1 aliphatic heterocycles. The fourth-order valence-corrected chi connectivity index (χ4v) is 3.01. The maximum atomic E-state index is 11.9. The molecule has 0 aromatic rings. The highest BCUT2D eigenvalue weighted by Gasteiger charge is 2.40. The predicted molar refractivity (Wildman–Crippen MR) is 87.9 cm³/mol. The zero-order chi connectivity index (χ0) is 18.4. The van der Waals surface area contributed by atoms with Gasteiger partial charge >= 0.3 is 5.97 Å². The van der Waals surface area contributed by atoms with E-state index >= 15 is 0 Å². The van der Waals surface area contributed by atoms with Gasteiger partial charge in [-0.05, 0) is 27.2 Å². The number of ketones is 1. The van der Waals surface area contributed by atoms with Crippen molar-refractivity contribution in [1.82, 2.24) is 0 Å². The van der Waals surface area contributed by atoms with Gasteiger partial charge in [0.1, 0.15) is 11.9 Å². The second-order valence-electron chi connectivity index (χ2n) is 6.73. The summed E-state index contributed by atoms with van der Waals surface area (Å²) in [6.45, 7) is 6.59. The zero-order valence-electron chi connectivity index (χ0n) is 14.8. The second-order valence-corrected chi connectivity index (χ2v) is 6.73. The quantitative estimate of drug-likeness (QED) is 0.532. The molecule has 0 saturated carbocycles. The zero-order valence-corrected chi connectivity index (χ0v) is 14.8. The highest BCUT2D eigenvalue weighted by molar-refractivity contribution is 5.76. The van der Waals surface area contributed by atoms with Gasteiger partial charge in [0.25, 0.3) is 0 Å². The minimum Gasteiger partial charge on any atom is -0.462 e. The molecule has 2 N–H and O–H groups in total. The molecule has 1 heterocycles. The van der Waals surface area contributed by atoms with Crippen molar-refractivity contribution in [2.75, 3.05) is 0 Å². The van der Waals surface area contributed by atoms with Crippen LogP contribution >= 0.6 is 0 Å². The van der Waals surface area contributed by atoms with Crippen LogP contribution in [0.25, 0.3) is 0 Å². The van der Waals surface area contributed by atoms with Crippen molar-refractivity contribution in [1.29, 1.82) is 0 Å². The number of hydrogen-bond acceptors (Lipinski definition) is 6. The van der Waals surface area contributed by atoms with E-state index in [0.29, 0.717) is 6.42 Å². The maximum absolute atomic E-state index is 11.9. The highest BCUT2D eigenvalue weighted by atomic mass is 16.5. The lowest BCUT2D eigenvalue weighted by Crippen LogP contribution is -2.52. The number of terminal acetylenes is 1. The number of rotatable bonds is 7. The number of aliphatic hydroxyl groups is 2. The van der Waals surface area contributed by atoms with Crippen molar-refractivity contribution >= 4 is 11.8 Å². The molecular weight excluding hydrogens is 312 g/mol. The van der Waals surface area contributed by atoms with Gasteiger partial charge in [-0.1, -0.05) is 6.92 Å². The molecule has 0 radical (unpaired) electrons. The fourth-order valence-electron chi connectivity index (χ4n) is 3.01. The second kappa shape index (κ2) is 9.16. The average molecular weight is 340 g/mol. The molecule has 6 nitrogen and oxygen atoms in total. The van der Waals surface area contributed by atoms with Crippen molar-refractivity contribution < 1.29 is 29.3 Å². The van der Waals surface area contributed by atoms with Gasteiger partial charge in [0.2, 0.25) is 0 Å². The van der Waals surface area contributed by atoms with E-state index in [9.17, 15) is 19.8 Å². The van der Waals surface area contributed by atoms with E-state index in [4.69, 9.17) is 15.9 Å². The van der Waals surface area contributed by atoms with Gasteiger partial charge in [0, 0.05) is 18.3 Å².